The Hall–Kier alpha value is -3.19. The van der Waals surface area contributed by atoms with Gasteiger partial charge in [-0.25, -0.2) is 4.98 Å². The maximum atomic E-state index is 9.05. The SMILES string of the molecule is Cc1ccc2nc(Nc3ccc4cnn(C)c4c3)nc(NCCCO)c2c1. The van der Waals surface area contributed by atoms with Crippen LogP contribution < -0.4 is 10.6 Å². The van der Waals surface area contributed by atoms with Crippen molar-refractivity contribution in [1.29, 1.82) is 0 Å². The molecule has 2 aromatic carbocycles. The predicted molar refractivity (Wildman–Crippen MR) is 108 cm³/mol. The Bertz CT molecular complexity index is 1100. The van der Waals surface area contributed by atoms with Crippen molar-refractivity contribution < 1.29 is 5.11 Å². The van der Waals surface area contributed by atoms with Gasteiger partial charge in [0.25, 0.3) is 0 Å². The van der Waals surface area contributed by atoms with Crippen molar-refractivity contribution >= 4 is 39.3 Å². The summed E-state index contributed by atoms with van der Waals surface area (Å²) in [6, 6.07) is 12.2. The molecule has 0 aliphatic carbocycles. The molecule has 0 saturated carbocycles. The van der Waals surface area contributed by atoms with Crippen LogP contribution in [-0.2, 0) is 7.05 Å². The van der Waals surface area contributed by atoms with Crippen molar-refractivity contribution in [2.45, 2.75) is 13.3 Å². The average Bonchev–Trinajstić information content (AvgIpc) is 3.03. The van der Waals surface area contributed by atoms with E-state index in [-0.39, 0.29) is 6.61 Å². The first-order chi connectivity index (χ1) is 13.1. The van der Waals surface area contributed by atoms with Crippen LogP contribution in [0.2, 0.25) is 0 Å². The molecule has 2 heterocycles. The van der Waals surface area contributed by atoms with Gasteiger partial charge in [0.15, 0.2) is 0 Å². The summed E-state index contributed by atoms with van der Waals surface area (Å²) in [6.07, 6.45) is 2.51. The highest BCUT2D eigenvalue weighted by atomic mass is 16.3. The van der Waals surface area contributed by atoms with Crippen LogP contribution >= 0.6 is 0 Å². The summed E-state index contributed by atoms with van der Waals surface area (Å²) in [5.41, 5.74) is 3.96. The van der Waals surface area contributed by atoms with Gasteiger partial charge in [-0.05, 0) is 43.7 Å². The van der Waals surface area contributed by atoms with Crippen LogP contribution in [0.3, 0.4) is 0 Å². The monoisotopic (exact) mass is 362 g/mol. The van der Waals surface area contributed by atoms with Gasteiger partial charge >= 0.3 is 0 Å². The zero-order valence-electron chi connectivity index (χ0n) is 15.4. The maximum absolute atomic E-state index is 9.05. The van der Waals surface area contributed by atoms with Gasteiger partial charge in [-0.1, -0.05) is 11.6 Å². The second-order valence-corrected chi connectivity index (χ2v) is 6.59. The summed E-state index contributed by atoms with van der Waals surface area (Å²) in [5, 5.41) is 22.0. The highest BCUT2D eigenvalue weighted by Crippen LogP contribution is 2.26. The Morgan fingerprint density at radius 3 is 2.85 bits per heavy atom. The molecule has 4 rings (SSSR count). The first-order valence-electron chi connectivity index (χ1n) is 8.96. The molecule has 0 aliphatic rings. The minimum absolute atomic E-state index is 0.144. The summed E-state index contributed by atoms with van der Waals surface area (Å²) >= 11 is 0. The van der Waals surface area contributed by atoms with Gasteiger partial charge in [0, 0.05) is 36.7 Å². The van der Waals surface area contributed by atoms with Gasteiger partial charge in [-0.2, -0.15) is 10.1 Å². The van der Waals surface area contributed by atoms with Crippen molar-refractivity contribution in [3.05, 3.63) is 48.2 Å². The fourth-order valence-electron chi connectivity index (χ4n) is 3.07. The first kappa shape index (κ1) is 17.2. The van der Waals surface area contributed by atoms with Crippen LogP contribution in [0.25, 0.3) is 21.8 Å². The van der Waals surface area contributed by atoms with E-state index in [9.17, 15) is 0 Å². The summed E-state index contributed by atoms with van der Waals surface area (Å²) in [7, 11) is 1.92. The molecule has 0 aliphatic heterocycles. The Balaban J connectivity index is 1.71. The fraction of sp³-hybridized carbons (Fsp3) is 0.250. The van der Waals surface area contributed by atoms with E-state index in [1.54, 1.807) is 0 Å². The molecule has 27 heavy (non-hydrogen) atoms. The smallest absolute Gasteiger partial charge is 0.229 e. The highest BCUT2D eigenvalue weighted by molar-refractivity contribution is 5.91. The van der Waals surface area contributed by atoms with Crippen LogP contribution in [0.4, 0.5) is 17.5 Å². The number of nitrogens with one attached hydrogen (secondary N) is 2. The molecule has 7 heteroatoms. The Kier molecular flexibility index (Phi) is 4.60. The van der Waals surface area contributed by atoms with Crippen LogP contribution in [0.15, 0.2) is 42.6 Å². The molecule has 0 radical (unpaired) electrons. The van der Waals surface area contributed by atoms with Crippen LogP contribution in [-0.4, -0.2) is 38.0 Å². The Labute approximate surface area is 157 Å². The number of rotatable bonds is 6. The normalized spacial score (nSPS) is 11.2. The van der Waals surface area contributed by atoms with Gasteiger partial charge in [0.05, 0.1) is 17.2 Å². The van der Waals surface area contributed by atoms with E-state index in [0.717, 1.165) is 38.9 Å². The predicted octanol–water partition coefficient (Wildman–Crippen LogP) is 3.36. The van der Waals surface area contributed by atoms with Gasteiger partial charge in [0.1, 0.15) is 5.82 Å². The second kappa shape index (κ2) is 7.20. The zero-order valence-corrected chi connectivity index (χ0v) is 15.4. The third-order valence-corrected chi connectivity index (χ3v) is 4.48. The van der Waals surface area contributed by atoms with Gasteiger partial charge < -0.3 is 15.7 Å². The summed E-state index contributed by atoms with van der Waals surface area (Å²) in [5.74, 6) is 1.29. The van der Waals surface area contributed by atoms with Crippen molar-refractivity contribution in [3.63, 3.8) is 0 Å². The first-order valence-corrected chi connectivity index (χ1v) is 8.96. The van der Waals surface area contributed by atoms with E-state index >= 15 is 0 Å². The van der Waals surface area contributed by atoms with E-state index in [1.165, 1.54) is 0 Å². The zero-order chi connectivity index (χ0) is 18.8. The number of hydrogen-bond acceptors (Lipinski definition) is 6. The number of hydrogen-bond donors (Lipinski definition) is 3. The summed E-state index contributed by atoms with van der Waals surface area (Å²) < 4.78 is 1.84. The van der Waals surface area contributed by atoms with Crippen LogP contribution in [0, 0.1) is 6.92 Å². The number of aromatic nitrogens is 4. The lowest BCUT2D eigenvalue weighted by Gasteiger charge is -2.12. The number of aliphatic hydroxyl groups is 1. The molecule has 0 amide bonds. The minimum Gasteiger partial charge on any atom is -0.396 e. The van der Waals surface area contributed by atoms with Crippen LogP contribution in [0.1, 0.15) is 12.0 Å². The molecule has 0 spiro atoms. The quantitative estimate of drug-likeness (QED) is 0.456. The van der Waals surface area contributed by atoms with Crippen molar-refractivity contribution in [3.8, 4) is 0 Å². The van der Waals surface area contributed by atoms with Crippen molar-refractivity contribution in [2.75, 3.05) is 23.8 Å². The molecule has 0 saturated heterocycles. The number of aliphatic hydroxyl groups excluding tert-OH is 1. The third-order valence-electron chi connectivity index (χ3n) is 4.48. The molecule has 0 unspecified atom stereocenters. The molecular formula is C20H22N6O. The van der Waals surface area contributed by atoms with Crippen molar-refractivity contribution in [2.24, 2.45) is 7.05 Å². The fourth-order valence-corrected chi connectivity index (χ4v) is 3.07. The minimum atomic E-state index is 0.144. The Morgan fingerprint density at radius 1 is 1.11 bits per heavy atom. The molecular weight excluding hydrogens is 340 g/mol. The molecule has 0 bridgehead atoms. The highest BCUT2D eigenvalue weighted by Gasteiger charge is 2.09. The van der Waals surface area contributed by atoms with Gasteiger partial charge in [-0.15, -0.1) is 0 Å². The lowest BCUT2D eigenvalue weighted by molar-refractivity contribution is 0.292. The number of fused-ring (bicyclic) bond motifs is 2. The molecule has 4 aromatic rings. The largest absolute Gasteiger partial charge is 0.396 e. The molecule has 0 fully saturated rings. The van der Waals surface area contributed by atoms with E-state index in [1.807, 2.05) is 55.2 Å². The van der Waals surface area contributed by atoms with E-state index < -0.39 is 0 Å². The lowest BCUT2D eigenvalue weighted by atomic mass is 10.1. The van der Waals surface area contributed by atoms with E-state index in [0.29, 0.717) is 18.9 Å². The molecule has 7 nitrogen and oxygen atoms in total. The number of anilines is 3. The maximum Gasteiger partial charge on any atom is 0.229 e. The Morgan fingerprint density at radius 2 is 2.00 bits per heavy atom. The lowest BCUT2D eigenvalue weighted by Crippen LogP contribution is -2.08. The average molecular weight is 362 g/mol. The second-order valence-electron chi connectivity index (χ2n) is 6.59. The summed E-state index contributed by atoms with van der Waals surface area (Å²) in [4.78, 5) is 9.32. The topological polar surface area (TPSA) is 87.9 Å². The van der Waals surface area contributed by atoms with E-state index in [4.69, 9.17) is 5.11 Å². The van der Waals surface area contributed by atoms with E-state index in [2.05, 4.69) is 31.8 Å². The van der Waals surface area contributed by atoms with Crippen molar-refractivity contribution in [1.82, 2.24) is 19.7 Å². The molecule has 138 valence electrons. The van der Waals surface area contributed by atoms with Gasteiger partial charge in [0.2, 0.25) is 5.95 Å². The molecule has 0 atom stereocenters. The standard InChI is InChI=1S/C20H22N6O/c1-13-4-7-17-16(10-13)19(21-8-3-9-27)25-20(24-17)23-15-6-5-14-12-22-26(2)18(14)11-15/h4-7,10-12,27H,3,8-9H2,1-2H3,(H2,21,23,24,25). The third kappa shape index (κ3) is 3.54. The van der Waals surface area contributed by atoms with Gasteiger partial charge in [-0.3, -0.25) is 4.68 Å². The summed E-state index contributed by atoms with van der Waals surface area (Å²) in [6.45, 7) is 2.84. The number of aryl methyl sites for hydroxylation is 2. The number of nitrogens with zero attached hydrogens (tertiary/aromatic N) is 4. The molecule has 2 aromatic heterocycles. The number of benzene rings is 2. The molecule has 3 N–H and O–H groups in total. The van der Waals surface area contributed by atoms with Crippen LogP contribution in [0.5, 0.6) is 0 Å².